The van der Waals surface area contributed by atoms with Gasteiger partial charge in [0.25, 0.3) is 0 Å². The quantitative estimate of drug-likeness (QED) is 0.783. The summed E-state index contributed by atoms with van der Waals surface area (Å²) >= 11 is 0. The number of nitrogens with zero attached hydrogens (tertiary/aromatic N) is 4. The van der Waals surface area contributed by atoms with Crippen LogP contribution in [0.3, 0.4) is 0 Å². The van der Waals surface area contributed by atoms with Gasteiger partial charge in [0.15, 0.2) is 5.58 Å². The molecular formula is C17H20N6O3. The number of methoxy groups -OCH3 is 1. The fourth-order valence-corrected chi connectivity index (χ4v) is 3.72. The molecular weight excluding hydrogens is 336 g/mol. The third kappa shape index (κ3) is 2.56. The molecule has 9 heteroatoms. The van der Waals surface area contributed by atoms with Crippen LogP contribution in [-0.4, -0.2) is 35.6 Å². The van der Waals surface area contributed by atoms with E-state index in [0.717, 1.165) is 37.8 Å². The van der Waals surface area contributed by atoms with E-state index in [1.165, 1.54) is 7.11 Å². The lowest BCUT2D eigenvalue weighted by Crippen LogP contribution is -2.58. The lowest BCUT2D eigenvalue weighted by Gasteiger charge is -2.45. The third-order valence-electron chi connectivity index (χ3n) is 4.84. The molecule has 26 heavy (non-hydrogen) atoms. The summed E-state index contributed by atoms with van der Waals surface area (Å²) in [6, 6.07) is 5.40. The molecule has 1 aliphatic carbocycles. The second-order valence-electron chi connectivity index (χ2n) is 6.48. The number of oxazole rings is 1. The zero-order valence-corrected chi connectivity index (χ0v) is 14.4. The van der Waals surface area contributed by atoms with Gasteiger partial charge >= 0.3 is 11.9 Å². The van der Waals surface area contributed by atoms with Gasteiger partial charge in [-0.15, -0.1) is 0 Å². The van der Waals surface area contributed by atoms with Crippen LogP contribution in [0.2, 0.25) is 0 Å². The Kier molecular flexibility index (Phi) is 3.78. The predicted molar refractivity (Wildman–Crippen MR) is 96.9 cm³/mol. The number of hydrogen-bond acceptors (Lipinski definition) is 9. The minimum Gasteiger partial charge on any atom is -0.462 e. The summed E-state index contributed by atoms with van der Waals surface area (Å²) in [7, 11) is 1.28. The number of fused-ring (bicyclic) bond motifs is 1. The van der Waals surface area contributed by atoms with Crippen LogP contribution in [0.5, 0.6) is 0 Å². The summed E-state index contributed by atoms with van der Waals surface area (Å²) in [5.41, 5.74) is 13.4. The number of aromatic nitrogens is 1. The maximum atomic E-state index is 11.6. The Labute approximate surface area is 149 Å². The molecule has 0 saturated heterocycles. The standard InChI is InChI=1S/C17H20N6O3/c1-25-14(24)13-20-11-9-10(5-6-12(11)26-13)23-16(19)21-15(18)22-17(23)7-3-2-4-8-17/h5-6,9H,2-4,7-8H2,1H3,(H4,18,19,21,22). The lowest BCUT2D eigenvalue weighted by atomic mass is 9.87. The van der Waals surface area contributed by atoms with E-state index in [9.17, 15) is 4.79 Å². The summed E-state index contributed by atoms with van der Waals surface area (Å²) in [6.07, 6.45) is 4.92. The van der Waals surface area contributed by atoms with E-state index in [1.54, 1.807) is 12.1 Å². The maximum Gasteiger partial charge on any atom is 0.394 e. The number of benzene rings is 1. The monoisotopic (exact) mass is 356 g/mol. The van der Waals surface area contributed by atoms with Gasteiger partial charge in [-0.05, 0) is 43.9 Å². The molecule has 0 radical (unpaired) electrons. The molecule has 136 valence electrons. The number of ether oxygens (including phenoxy) is 1. The zero-order chi connectivity index (χ0) is 18.3. The highest BCUT2D eigenvalue weighted by Crippen LogP contribution is 2.40. The van der Waals surface area contributed by atoms with Gasteiger partial charge in [0, 0.05) is 5.69 Å². The van der Waals surface area contributed by atoms with Crippen LogP contribution in [0.15, 0.2) is 32.6 Å². The molecule has 4 rings (SSSR count). The Morgan fingerprint density at radius 2 is 2.04 bits per heavy atom. The number of guanidine groups is 2. The van der Waals surface area contributed by atoms with Crippen molar-refractivity contribution < 1.29 is 13.9 Å². The number of hydrogen-bond donors (Lipinski definition) is 2. The molecule has 1 saturated carbocycles. The zero-order valence-electron chi connectivity index (χ0n) is 14.4. The minimum absolute atomic E-state index is 0.0884. The van der Waals surface area contributed by atoms with Gasteiger partial charge in [-0.2, -0.15) is 4.99 Å². The molecule has 1 fully saturated rings. The van der Waals surface area contributed by atoms with Crippen LogP contribution in [0.4, 0.5) is 5.69 Å². The fraction of sp³-hybridized carbons (Fsp3) is 0.412. The van der Waals surface area contributed by atoms with Crippen LogP contribution in [-0.2, 0) is 4.74 Å². The Hall–Kier alpha value is -3.10. The number of carbonyl (C=O) groups is 1. The molecule has 1 aromatic heterocycles. The lowest BCUT2D eigenvalue weighted by molar-refractivity contribution is 0.0558. The summed E-state index contributed by atoms with van der Waals surface area (Å²) in [6.45, 7) is 0. The van der Waals surface area contributed by atoms with Crippen molar-refractivity contribution in [3.8, 4) is 0 Å². The van der Waals surface area contributed by atoms with Gasteiger partial charge in [0.1, 0.15) is 11.2 Å². The normalized spacial score (nSPS) is 19.3. The first-order valence-corrected chi connectivity index (χ1v) is 8.51. The van der Waals surface area contributed by atoms with Crippen molar-refractivity contribution >= 4 is 34.7 Å². The second-order valence-corrected chi connectivity index (χ2v) is 6.48. The van der Waals surface area contributed by atoms with E-state index in [1.807, 2.05) is 11.0 Å². The van der Waals surface area contributed by atoms with Crippen molar-refractivity contribution in [1.82, 2.24) is 4.98 Å². The molecule has 4 N–H and O–H groups in total. The molecule has 0 unspecified atom stereocenters. The first-order chi connectivity index (χ1) is 12.5. The first kappa shape index (κ1) is 16.4. The fourth-order valence-electron chi connectivity index (χ4n) is 3.72. The van der Waals surface area contributed by atoms with Crippen molar-refractivity contribution in [3.63, 3.8) is 0 Å². The molecule has 1 aliphatic heterocycles. The van der Waals surface area contributed by atoms with E-state index in [-0.39, 0.29) is 11.9 Å². The first-order valence-electron chi connectivity index (χ1n) is 8.51. The molecule has 0 bridgehead atoms. The Morgan fingerprint density at radius 3 is 2.77 bits per heavy atom. The third-order valence-corrected chi connectivity index (χ3v) is 4.84. The van der Waals surface area contributed by atoms with Crippen molar-refractivity contribution in [3.05, 3.63) is 24.1 Å². The molecule has 0 atom stereocenters. The van der Waals surface area contributed by atoms with Gasteiger partial charge in [-0.25, -0.2) is 14.8 Å². The van der Waals surface area contributed by atoms with E-state index in [0.29, 0.717) is 17.1 Å². The van der Waals surface area contributed by atoms with Gasteiger partial charge in [0.2, 0.25) is 11.9 Å². The van der Waals surface area contributed by atoms with Gasteiger partial charge < -0.3 is 20.6 Å². The number of nitrogens with two attached hydrogens (primary N) is 2. The molecule has 1 aromatic carbocycles. The van der Waals surface area contributed by atoms with Crippen molar-refractivity contribution in [2.75, 3.05) is 12.0 Å². The SMILES string of the molecule is COC(=O)c1nc2cc(N3C(N)=NC(N)=NC34CCCCC4)ccc2o1. The van der Waals surface area contributed by atoms with Crippen molar-refractivity contribution in [2.45, 2.75) is 37.8 Å². The Balaban J connectivity index is 1.79. The van der Waals surface area contributed by atoms with E-state index < -0.39 is 11.6 Å². The van der Waals surface area contributed by atoms with Gasteiger partial charge in [-0.3, -0.25) is 4.90 Å². The smallest absolute Gasteiger partial charge is 0.394 e. The molecule has 0 amide bonds. The van der Waals surface area contributed by atoms with E-state index in [4.69, 9.17) is 15.9 Å². The predicted octanol–water partition coefficient (Wildman–Crippen LogP) is 1.72. The topological polar surface area (TPSA) is 132 Å². The highest BCUT2D eigenvalue weighted by Gasteiger charge is 2.42. The van der Waals surface area contributed by atoms with E-state index >= 15 is 0 Å². The van der Waals surface area contributed by atoms with E-state index in [2.05, 4.69) is 19.7 Å². The molecule has 1 spiro atoms. The Bertz CT molecular complexity index is 926. The number of anilines is 1. The molecule has 2 heterocycles. The summed E-state index contributed by atoms with van der Waals surface area (Å²) in [4.78, 5) is 26.5. The van der Waals surface area contributed by atoms with Gasteiger partial charge in [-0.1, -0.05) is 6.42 Å². The highest BCUT2D eigenvalue weighted by atomic mass is 16.5. The minimum atomic E-state index is -0.622. The number of esters is 1. The molecule has 9 nitrogen and oxygen atoms in total. The number of rotatable bonds is 2. The Morgan fingerprint density at radius 1 is 1.27 bits per heavy atom. The van der Waals surface area contributed by atoms with Gasteiger partial charge in [0.05, 0.1) is 7.11 Å². The second kappa shape index (κ2) is 6.01. The summed E-state index contributed by atoms with van der Waals surface area (Å²) in [5.74, 6) is -0.205. The van der Waals surface area contributed by atoms with Crippen LogP contribution in [0.25, 0.3) is 11.1 Å². The number of aliphatic imine (C=N–C) groups is 2. The average Bonchev–Trinajstić information content (AvgIpc) is 3.04. The number of carbonyl (C=O) groups excluding carboxylic acids is 1. The molecule has 2 aliphatic rings. The largest absolute Gasteiger partial charge is 0.462 e. The summed E-state index contributed by atoms with van der Waals surface area (Å²) < 4.78 is 10.1. The van der Waals surface area contributed by atoms with Crippen LogP contribution in [0, 0.1) is 0 Å². The van der Waals surface area contributed by atoms with Crippen molar-refractivity contribution in [1.29, 1.82) is 0 Å². The van der Waals surface area contributed by atoms with Crippen LogP contribution in [0.1, 0.15) is 42.8 Å². The van der Waals surface area contributed by atoms with Crippen molar-refractivity contribution in [2.24, 2.45) is 21.5 Å². The van der Waals surface area contributed by atoms with Crippen LogP contribution < -0.4 is 16.4 Å². The van der Waals surface area contributed by atoms with Crippen LogP contribution >= 0.6 is 0 Å². The molecule has 2 aromatic rings. The average molecular weight is 356 g/mol. The maximum absolute atomic E-state index is 11.6. The highest BCUT2D eigenvalue weighted by molar-refractivity contribution is 6.06. The summed E-state index contributed by atoms with van der Waals surface area (Å²) in [5, 5.41) is 0.